The van der Waals surface area contributed by atoms with E-state index < -0.39 is 0 Å². The van der Waals surface area contributed by atoms with Gasteiger partial charge in [0, 0.05) is 23.9 Å². The van der Waals surface area contributed by atoms with Crippen LogP contribution in [-0.2, 0) is 0 Å². The van der Waals surface area contributed by atoms with Gasteiger partial charge in [-0.05, 0) is 36.1 Å². The van der Waals surface area contributed by atoms with Crippen molar-refractivity contribution in [2.24, 2.45) is 5.92 Å². The van der Waals surface area contributed by atoms with Crippen molar-refractivity contribution in [3.63, 3.8) is 0 Å². The lowest BCUT2D eigenvalue weighted by molar-refractivity contribution is 0.0913. The third kappa shape index (κ3) is 4.12. The Morgan fingerprint density at radius 1 is 0.952 bits per heavy atom. The van der Waals surface area contributed by atoms with Crippen molar-refractivity contribution < 1.29 is 4.79 Å². The molecule has 0 radical (unpaired) electrons. The molecule has 2 aromatic rings. The molecule has 1 aromatic carbocycles. The lowest BCUT2D eigenvalue weighted by Crippen LogP contribution is -2.12. The zero-order valence-corrected chi connectivity index (χ0v) is 12.6. The summed E-state index contributed by atoms with van der Waals surface area (Å²) in [5, 5.41) is 0. The van der Waals surface area contributed by atoms with Crippen LogP contribution in [0.4, 0.5) is 0 Å². The van der Waals surface area contributed by atoms with E-state index in [-0.39, 0.29) is 11.7 Å². The van der Waals surface area contributed by atoms with E-state index >= 15 is 0 Å². The fourth-order valence-electron chi connectivity index (χ4n) is 2.32. The van der Waals surface area contributed by atoms with Crippen LogP contribution in [0.3, 0.4) is 0 Å². The Labute approximate surface area is 126 Å². The van der Waals surface area contributed by atoms with Crippen molar-refractivity contribution in [1.29, 1.82) is 0 Å². The van der Waals surface area contributed by atoms with Crippen LogP contribution in [0.15, 0.2) is 48.8 Å². The molecule has 0 aliphatic rings. The molecule has 0 bridgehead atoms. The number of rotatable bonds is 6. The summed E-state index contributed by atoms with van der Waals surface area (Å²) >= 11 is 0. The summed E-state index contributed by atoms with van der Waals surface area (Å²) in [4.78, 5) is 16.3. The van der Waals surface area contributed by atoms with E-state index in [0.717, 1.165) is 29.5 Å². The summed E-state index contributed by atoms with van der Waals surface area (Å²) in [5.41, 5.74) is 3.01. The molecule has 0 fully saturated rings. The van der Waals surface area contributed by atoms with E-state index in [1.54, 1.807) is 12.4 Å². The number of carbonyl (C=O) groups is 1. The normalized spacial score (nSPS) is 11.2. The molecule has 1 heterocycles. The summed E-state index contributed by atoms with van der Waals surface area (Å²) in [6.07, 6.45) is 9.44. The molecule has 0 saturated heterocycles. The number of hydrogen-bond acceptors (Lipinski definition) is 2. The Kier molecular flexibility index (Phi) is 5.44. The average molecular weight is 279 g/mol. The first-order valence-corrected chi connectivity index (χ1v) is 7.47. The van der Waals surface area contributed by atoms with Crippen molar-refractivity contribution in [3.05, 3.63) is 65.5 Å². The first kappa shape index (κ1) is 15.2. The van der Waals surface area contributed by atoms with Gasteiger partial charge in [-0.25, -0.2) is 0 Å². The second-order valence-corrected chi connectivity index (χ2v) is 5.11. The Bertz CT molecular complexity index is 595. The van der Waals surface area contributed by atoms with Crippen LogP contribution in [0.5, 0.6) is 0 Å². The van der Waals surface area contributed by atoms with E-state index in [4.69, 9.17) is 0 Å². The summed E-state index contributed by atoms with van der Waals surface area (Å²) in [7, 11) is 0. The number of pyridine rings is 1. The first-order valence-electron chi connectivity index (χ1n) is 7.47. The molecule has 0 spiro atoms. The third-order valence-corrected chi connectivity index (χ3v) is 3.73. The molecule has 108 valence electrons. The second-order valence-electron chi connectivity index (χ2n) is 5.11. The highest BCUT2D eigenvalue weighted by Crippen LogP contribution is 2.17. The largest absolute Gasteiger partial charge is 0.294 e. The number of hydrogen-bond donors (Lipinski definition) is 0. The third-order valence-electron chi connectivity index (χ3n) is 3.73. The van der Waals surface area contributed by atoms with Gasteiger partial charge in [-0.15, -0.1) is 0 Å². The molecule has 0 aliphatic carbocycles. The lowest BCUT2D eigenvalue weighted by Gasteiger charge is -2.10. The minimum absolute atomic E-state index is 0.142. The highest BCUT2D eigenvalue weighted by molar-refractivity contribution is 5.98. The number of ketones is 1. The first-order chi connectivity index (χ1) is 10.2. The Hall–Kier alpha value is -2.22. The van der Waals surface area contributed by atoms with E-state index in [1.807, 2.05) is 48.6 Å². The van der Waals surface area contributed by atoms with Gasteiger partial charge in [0.1, 0.15) is 0 Å². The van der Waals surface area contributed by atoms with Gasteiger partial charge in [0.05, 0.1) is 0 Å². The molecule has 0 amide bonds. The molecule has 0 atom stereocenters. The minimum atomic E-state index is 0.142. The highest BCUT2D eigenvalue weighted by Gasteiger charge is 2.15. The number of aromatic nitrogens is 1. The maximum Gasteiger partial charge on any atom is 0.165 e. The van der Waals surface area contributed by atoms with Crippen molar-refractivity contribution in [3.8, 4) is 0 Å². The smallest absolute Gasteiger partial charge is 0.165 e. The number of benzene rings is 1. The minimum Gasteiger partial charge on any atom is -0.294 e. The van der Waals surface area contributed by atoms with Crippen molar-refractivity contribution in [1.82, 2.24) is 4.98 Å². The Balaban J connectivity index is 2.09. The topological polar surface area (TPSA) is 30.0 Å². The van der Waals surface area contributed by atoms with Gasteiger partial charge < -0.3 is 0 Å². The molecular weight excluding hydrogens is 258 g/mol. The van der Waals surface area contributed by atoms with Gasteiger partial charge in [0.25, 0.3) is 0 Å². The quantitative estimate of drug-likeness (QED) is 0.706. The lowest BCUT2D eigenvalue weighted by atomic mass is 9.92. The predicted octanol–water partition coefficient (Wildman–Crippen LogP) is 4.87. The summed E-state index contributed by atoms with van der Waals surface area (Å²) in [6, 6.07) is 11.8. The van der Waals surface area contributed by atoms with Gasteiger partial charge in [0.15, 0.2) is 5.78 Å². The number of nitrogens with zero attached hydrogens (tertiary/aromatic N) is 1. The van der Waals surface area contributed by atoms with E-state index in [2.05, 4.69) is 18.8 Å². The standard InChI is InChI=1S/C19H21NO/c1-3-17(4-2)19(21)18-9-7-15(8-10-18)5-6-16-11-13-20-14-12-16/h5-14,17H,3-4H2,1-2H3/b6-5+. The van der Waals surface area contributed by atoms with Crippen LogP contribution in [0, 0.1) is 5.92 Å². The van der Waals surface area contributed by atoms with Crippen molar-refractivity contribution >= 4 is 17.9 Å². The van der Waals surface area contributed by atoms with Gasteiger partial charge in [0.2, 0.25) is 0 Å². The average Bonchev–Trinajstić information content (AvgIpc) is 2.55. The molecule has 0 aliphatic heterocycles. The monoisotopic (exact) mass is 279 g/mol. The zero-order chi connectivity index (χ0) is 15.1. The van der Waals surface area contributed by atoms with Gasteiger partial charge in [-0.1, -0.05) is 50.3 Å². The van der Waals surface area contributed by atoms with Crippen LogP contribution in [0.1, 0.15) is 48.2 Å². The number of carbonyl (C=O) groups excluding carboxylic acids is 1. The fraction of sp³-hybridized carbons (Fsp3) is 0.263. The Morgan fingerprint density at radius 2 is 1.48 bits per heavy atom. The van der Waals surface area contributed by atoms with Gasteiger partial charge in [-0.2, -0.15) is 0 Å². The van der Waals surface area contributed by atoms with Gasteiger partial charge in [-0.3, -0.25) is 9.78 Å². The van der Waals surface area contributed by atoms with Crippen molar-refractivity contribution in [2.75, 3.05) is 0 Å². The highest BCUT2D eigenvalue weighted by atomic mass is 16.1. The van der Waals surface area contributed by atoms with Crippen LogP contribution in [-0.4, -0.2) is 10.8 Å². The molecular formula is C19H21NO. The predicted molar refractivity (Wildman–Crippen MR) is 88.0 cm³/mol. The number of Topliss-reactive ketones (excluding diaryl/α,β-unsaturated/α-hetero) is 1. The fourth-order valence-corrected chi connectivity index (χ4v) is 2.32. The van der Waals surface area contributed by atoms with Gasteiger partial charge >= 0.3 is 0 Å². The van der Waals surface area contributed by atoms with Crippen LogP contribution in [0.2, 0.25) is 0 Å². The van der Waals surface area contributed by atoms with Crippen LogP contribution < -0.4 is 0 Å². The molecule has 2 nitrogen and oxygen atoms in total. The van der Waals surface area contributed by atoms with E-state index in [1.165, 1.54) is 0 Å². The summed E-state index contributed by atoms with van der Waals surface area (Å²) < 4.78 is 0. The molecule has 2 rings (SSSR count). The maximum absolute atomic E-state index is 12.3. The molecule has 2 heteroatoms. The maximum atomic E-state index is 12.3. The molecule has 0 N–H and O–H groups in total. The van der Waals surface area contributed by atoms with Crippen LogP contribution >= 0.6 is 0 Å². The zero-order valence-electron chi connectivity index (χ0n) is 12.6. The van der Waals surface area contributed by atoms with E-state index in [0.29, 0.717) is 0 Å². The van der Waals surface area contributed by atoms with E-state index in [9.17, 15) is 4.79 Å². The SMILES string of the molecule is CCC(CC)C(=O)c1ccc(/C=C/c2ccncc2)cc1. The van der Waals surface area contributed by atoms with Crippen LogP contribution in [0.25, 0.3) is 12.2 Å². The summed E-state index contributed by atoms with van der Waals surface area (Å²) in [5.74, 6) is 0.396. The van der Waals surface area contributed by atoms with Crippen molar-refractivity contribution in [2.45, 2.75) is 26.7 Å². The molecule has 1 aromatic heterocycles. The Morgan fingerprint density at radius 3 is 2.00 bits per heavy atom. The molecule has 21 heavy (non-hydrogen) atoms. The second kappa shape index (κ2) is 7.53. The summed E-state index contributed by atoms with van der Waals surface area (Å²) in [6.45, 7) is 4.13. The molecule has 0 unspecified atom stereocenters. The molecule has 0 saturated carbocycles.